The van der Waals surface area contributed by atoms with Crippen molar-refractivity contribution in [1.29, 1.82) is 0 Å². The first-order valence-electron chi connectivity index (χ1n) is 4.63. The minimum Gasteiger partial charge on any atom is -0.326 e. The summed E-state index contributed by atoms with van der Waals surface area (Å²) < 4.78 is 0.873. The monoisotopic (exact) mass is 253 g/mol. The van der Waals surface area contributed by atoms with E-state index in [0.717, 1.165) is 21.6 Å². The molecule has 2 rings (SSSR count). The fourth-order valence-corrected chi connectivity index (χ4v) is 1.74. The Morgan fingerprint density at radius 1 is 1.64 bits per heavy atom. The molecule has 0 unspecified atom stereocenters. The number of halogens is 1. The van der Waals surface area contributed by atoms with Crippen LogP contribution in [0.3, 0.4) is 0 Å². The van der Waals surface area contributed by atoms with E-state index in [2.05, 4.69) is 32.5 Å². The van der Waals surface area contributed by atoms with Crippen molar-refractivity contribution in [3.8, 4) is 0 Å². The summed E-state index contributed by atoms with van der Waals surface area (Å²) in [7, 11) is 0. The molecule has 2 N–H and O–H groups in total. The van der Waals surface area contributed by atoms with Gasteiger partial charge < -0.3 is 5.73 Å². The lowest BCUT2D eigenvalue weighted by molar-refractivity contribution is 0.910. The number of hydrogen-bond donors (Lipinski definition) is 1. The number of nitrogens with zero attached hydrogens (tertiary/aromatic N) is 2. The van der Waals surface area contributed by atoms with E-state index in [4.69, 9.17) is 5.73 Å². The quantitative estimate of drug-likeness (QED) is 0.898. The van der Waals surface area contributed by atoms with Gasteiger partial charge in [-0.3, -0.25) is 0 Å². The molecule has 74 valence electrons. The van der Waals surface area contributed by atoms with E-state index in [0.29, 0.717) is 12.5 Å². The first kappa shape index (κ1) is 9.80. The van der Waals surface area contributed by atoms with Gasteiger partial charge in [-0.2, -0.15) is 0 Å². The Balaban J connectivity index is 2.36. The van der Waals surface area contributed by atoms with E-state index >= 15 is 0 Å². The molecule has 1 heterocycles. The summed E-state index contributed by atoms with van der Waals surface area (Å²) in [5.41, 5.74) is 7.23. The van der Waals surface area contributed by atoms with Crippen molar-refractivity contribution < 1.29 is 0 Å². The summed E-state index contributed by atoms with van der Waals surface area (Å²) in [6, 6.07) is 0. The zero-order valence-corrected chi connectivity index (χ0v) is 9.42. The highest BCUT2D eigenvalue weighted by molar-refractivity contribution is 9.10. The third kappa shape index (κ3) is 1.86. The molecule has 0 radical (unpaired) electrons. The lowest BCUT2D eigenvalue weighted by atomic mass is 10.2. The molecule has 0 bridgehead atoms. The maximum atomic E-state index is 5.53. The second-order valence-electron chi connectivity index (χ2n) is 3.51. The molecule has 0 aromatic carbocycles. The molecule has 1 fully saturated rings. The highest BCUT2D eigenvalue weighted by atomic mass is 79.9. The van der Waals surface area contributed by atoms with Crippen molar-refractivity contribution in [2.75, 3.05) is 6.54 Å². The van der Waals surface area contributed by atoms with Crippen LogP contribution < -0.4 is 5.73 Å². The van der Waals surface area contributed by atoms with Gasteiger partial charge in [0.1, 0.15) is 5.82 Å². The van der Waals surface area contributed by atoms with E-state index in [1.807, 2.05) is 0 Å². The Morgan fingerprint density at radius 2 is 2.36 bits per heavy atom. The van der Waals surface area contributed by atoms with Gasteiger partial charge in [0.2, 0.25) is 0 Å². The Labute approximate surface area is 91.6 Å². The smallest absolute Gasteiger partial charge is 0.132 e. The molecule has 0 amide bonds. The van der Waals surface area contributed by atoms with Crippen LogP contribution in [0.15, 0.2) is 17.2 Å². The predicted octanol–water partition coefficient (Wildman–Crippen LogP) is 2.09. The van der Waals surface area contributed by atoms with Crippen LogP contribution in [0.2, 0.25) is 0 Å². The Kier molecular flexibility index (Phi) is 2.65. The minimum atomic E-state index is 0.430. The second-order valence-corrected chi connectivity index (χ2v) is 4.36. The van der Waals surface area contributed by atoms with Crippen molar-refractivity contribution in [1.82, 2.24) is 9.97 Å². The number of rotatable bonds is 3. The van der Waals surface area contributed by atoms with E-state index in [9.17, 15) is 0 Å². The fraction of sp³-hybridized carbons (Fsp3) is 0.400. The molecule has 0 aliphatic heterocycles. The van der Waals surface area contributed by atoms with Crippen LogP contribution in [0.4, 0.5) is 0 Å². The van der Waals surface area contributed by atoms with Gasteiger partial charge in [0.25, 0.3) is 0 Å². The Morgan fingerprint density at radius 3 is 2.93 bits per heavy atom. The largest absolute Gasteiger partial charge is 0.326 e. The first-order valence-corrected chi connectivity index (χ1v) is 5.42. The summed E-state index contributed by atoms with van der Waals surface area (Å²) in [5, 5.41) is 0. The van der Waals surface area contributed by atoms with Gasteiger partial charge in [-0.25, -0.2) is 9.97 Å². The van der Waals surface area contributed by atoms with Crippen LogP contribution in [0.25, 0.3) is 5.57 Å². The lowest BCUT2D eigenvalue weighted by Crippen LogP contribution is -2.05. The van der Waals surface area contributed by atoms with E-state index < -0.39 is 0 Å². The van der Waals surface area contributed by atoms with Gasteiger partial charge in [-0.15, -0.1) is 0 Å². The lowest BCUT2D eigenvalue weighted by Gasteiger charge is -2.06. The summed E-state index contributed by atoms with van der Waals surface area (Å²) >= 11 is 3.40. The third-order valence-corrected chi connectivity index (χ3v) is 2.87. The molecule has 1 aromatic heterocycles. The van der Waals surface area contributed by atoms with Gasteiger partial charge in [0, 0.05) is 18.7 Å². The van der Waals surface area contributed by atoms with Crippen molar-refractivity contribution in [3.05, 3.63) is 28.8 Å². The van der Waals surface area contributed by atoms with E-state index in [1.54, 1.807) is 6.20 Å². The number of hydrogen-bond acceptors (Lipinski definition) is 3. The van der Waals surface area contributed by atoms with E-state index in [1.165, 1.54) is 12.8 Å². The second kappa shape index (κ2) is 3.79. The Bertz CT molecular complexity index is 372. The summed E-state index contributed by atoms with van der Waals surface area (Å²) in [5.74, 6) is 1.49. The zero-order chi connectivity index (χ0) is 10.1. The van der Waals surface area contributed by atoms with Crippen LogP contribution in [0.5, 0.6) is 0 Å². The molecule has 1 aliphatic rings. The van der Waals surface area contributed by atoms with Crippen LogP contribution in [0, 0.1) is 0 Å². The molecule has 14 heavy (non-hydrogen) atoms. The molecule has 1 aliphatic carbocycles. The fourth-order valence-electron chi connectivity index (χ4n) is 1.26. The van der Waals surface area contributed by atoms with Crippen molar-refractivity contribution in [2.24, 2.45) is 5.73 Å². The third-order valence-electron chi connectivity index (χ3n) is 2.29. The van der Waals surface area contributed by atoms with Crippen LogP contribution in [0.1, 0.15) is 30.3 Å². The van der Waals surface area contributed by atoms with Gasteiger partial charge in [-0.1, -0.05) is 6.58 Å². The van der Waals surface area contributed by atoms with Gasteiger partial charge >= 0.3 is 0 Å². The average Bonchev–Trinajstić information content (AvgIpc) is 3.01. The van der Waals surface area contributed by atoms with E-state index in [-0.39, 0.29) is 0 Å². The molecule has 1 aromatic rings. The molecule has 4 heteroatoms. The first-order chi connectivity index (χ1) is 6.72. The van der Waals surface area contributed by atoms with Crippen LogP contribution in [-0.4, -0.2) is 16.5 Å². The SMILES string of the molecule is C=C(CN)c1nc(C2CC2)ncc1Br. The zero-order valence-electron chi connectivity index (χ0n) is 7.83. The Hall–Kier alpha value is -0.740. The highest BCUT2D eigenvalue weighted by Crippen LogP contribution is 2.38. The minimum absolute atomic E-state index is 0.430. The van der Waals surface area contributed by atoms with Crippen molar-refractivity contribution in [3.63, 3.8) is 0 Å². The normalized spacial score (nSPS) is 15.6. The van der Waals surface area contributed by atoms with Crippen molar-refractivity contribution in [2.45, 2.75) is 18.8 Å². The molecular formula is C10H12BrN3. The standard InChI is InChI=1S/C10H12BrN3/c1-6(4-12)9-8(11)5-13-10(14-9)7-2-3-7/h5,7H,1-4,12H2. The number of aromatic nitrogens is 2. The molecule has 0 atom stereocenters. The maximum Gasteiger partial charge on any atom is 0.132 e. The highest BCUT2D eigenvalue weighted by Gasteiger charge is 2.27. The predicted molar refractivity (Wildman–Crippen MR) is 59.8 cm³/mol. The van der Waals surface area contributed by atoms with Gasteiger partial charge in [0.15, 0.2) is 0 Å². The summed E-state index contributed by atoms with van der Waals surface area (Å²) in [4.78, 5) is 8.75. The summed E-state index contributed by atoms with van der Waals surface area (Å²) in [6.45, 7) is 4.31. The molecule has 0 saturated heterocycles. The van der Waals surface area contributed by atoms with Crippen LogP contribution >= 0.6 is 15.9 Å². The van der Waals surface area contributed by atoms with Gasteiger partial charge in [-0.05, 0) is 34.3 Å². The number of nitrogens with two attached hydrogens (primary N) is 1. The molecule has 0 spiro atoms. The van der Waals surface area contributed by atoms with Crippen LogP contribution in [-0.2, 0) is 0 Å². The molecule has 1 saturated carbocycles. The topological polar surface area (TPSA) is 51.8 Å². The van der Waals surface area contributed by atoms with Crippen molar-refractivity contribution >= 4 is 21.5 Å². The summed E-state index contributed by atoms with van der Waals surface area (Å²) in [6.07, 6.45) is 4.20. The molecule has 3 nitrogen and oxygen atoms in total. The average molecular weight is 254 g/mol. The molecular weight excluding hydrogens is 242 g/mol. The van der Waals surface area contributed by atoms with Gasteiger partial charge in [0.05, 0.1) is 10.2 Å². The maximum absolute atomic E-state index is 5.53.